The molecule has 2 nitrogen and oxygen atoms in total. The Morgan fingerprint density at radius 1 is 0.947 bits per heavy atom. The van der Waals surface area contributed by atoms with Crippen LogP contribution in [0.4, 0.5) is 0 Å². The van der Waals surface area contributed by atoms with Crippen molar-refractivity contribution in [1.29, 1.82) is 0 Å². The molecule has 0 rings (SSSR count). The standard InChI is InChI=1S/C17H38N2/c1-14(2)12-15(3)19(9)13-16(17(4,5)6)10-11-18(7)8/h14-16H,10-13H2,1-9H3. The smallest absolute Gasteiger partial charge is 0.00664 e. The largest absolute Gasteiger partial charge is 0.309 e. The van der Waals surface area contributed by atoms with Gasteiger partial charge in [-0.3, -0.25) is 0 Å². The van der Waals surface area contributed by atoms with Crippen molar-refractivity contribution in [2.45, 2.75) is 60.4 Å². The van der Waals surface area contributed by atoms with Gasteiger partial charge >= 0.3 is 0 Å². The molecule has 19 heavy (non-hydrogen) atoms. The maximum Gasteiger partial charge on any atom is 0.00664 e. The van der Waals surface area contributed by atoms with Gasteiger partial charge in [0, 0.05) is 12.6 Å². The van der Waals surface area contributed by atoms with E-state index in [1.807, 2.05) is 0 Å². The molecule has 0 saturated carbocycles. The van der Waals surface area contributed by atoms with Gasteiger partial charge in [-0.1, -0.05) is 34.6 Å². The van der Waals surface area contributed by atoms with Gasteiger partial charge in [0.25, 0.3) is 0 Å². The van der Waals surface area contributed by atoms with Crippen molar-refractivity contribution in [2.24, 2.45) is 17.3 Å². The van der Waals surface area contributed by atoms with Crippen LogP contribution in [0.5, 0.6) is 0 Å². The average molecular weight is 271 g/mol. The molecule has 0 bridgehead atoms. The predicted molar refractivity (Wildman–Crippen MR) is 87.7 cm³/mol. The Labute approximate surface area is 122 Å². The number of rotatable bonds is 8. The van der Waals surface area contributed by atoms with Crippen molar-refractivity contribution >= 4 is 0 Å². The van der Waals surface area contributed by atoms with Crippen LogP contribution in [0.25, 0.3) is 0 Å². The van der Waals surface area contributed by atoms with Crippen LogP contribution in [0.1, 0.15) is 54.4 Å². The molecule has 0 spiro atoms. The van der Waals surface area contributed by atoms with Crippen LogP contribution in [0.2, 0.25) is 0 Å². The Balaban J connectivity index is 4.46. The fourth-order valence-electron chi connectivity index (χ4n) is 2.60. The zero-order valence-electron chi connectivity index (χ0n) is 15.0. The molecule has 2 atom stereocenters. The van der Waals surface area contributed by atoms with Crippen molar-refractivity contribution in [2.75, 3.05) is 34.2 Å². The van der Waals surface area contributed by atoms with E-state index in [4.69, 9.17) is 0 Å². The second-order valence-corrected chi connectivity index (χ2v) is 8.07. The molecule has 0 aromatic carbocycles. The van der Waals surface area contributed by atoms with Crippen LogP contribution in [-0.2, 0) is 0 Å². The third-order valence-electron chi connectivity index (χ3n) is 4.22. The molecule has 0 aliphatic rings. The van der Waals surface area contributed by atoms with Gasteiger partial charge in [0.05, 0.1) is 0 Å². The van der Waals surface area contributed by atoms with Gasteiger partial charge in [-0.05, 0) is 64.7 Å². The predicted octanol–water partition coefficient (Wildman–Crippen LogP) is 3.97. The van der Waals surface area contributed by atoms with Crippen LogP contribution in [0.3, 0.4) is 0 Å². The van der Waals surface area contributed by atoms with Crippen molar-refractivity contribution in [3.63, 3.8) is 0 Å². The van der Waals surface area contributed by atoms with E-state index in [2.05, 4.69) is 72.5 Å². The van der Waals surface area contributed by atoms with Crippen LogP contribution in [0, 0.1) is 17.3 Å². The Morgan fingerprint density at radius 3 is 1.84 bits per heavy atom. The van der Waals surface area contributed by atoms with Gasteiger partial charge in [-0.25, -0.2) is 0 Å². The first-order chi connectivity index (χ1) is 8.54. The summed E-state index contributed by atoms with van der Waals surface area (Å²) in [6.45, 7) is 16.6. The monoisotopic (exact) mass is 270 g/mol. The lowest BCUT2D eigenvalue weighted by Gasteiger charge is -2.37. The molecule has 2 unspecified atom stereocenters. The summed E-state index contributed by atoms with van der Waals surface area (Å²) in [7, 11) is 6.64. The average Bonchev–Trinajstić information content (AvgIpc) is 2.20. The topological polar surface area (TPSA) is 6.48 Å². The maximum atomic E-state index is 2.56. The van der Waals surface area contributed by atoms with Gasteiger partial charge in [0.2, 0.25) is 0 Å². The third kappa shape index (κ3) is 8.65. The second kappa shape index (κ2) is 8.26. The number of hydrogen-bond acceptors (Lipinski definition) is 2. The lowest BCUT2D eigenvalue weighted by molar-refractivity contribution is 0.119. The van der Waals surface area contributed by atoms with Gasteiger partial charge in [-0.15, -0.1) is 0 Å². The molecule has 0 amide bonds. The fourth-order valence-corrected chi connectivity index (χ4v) is 2.60. The van der Waals surface area contributed by atoms with Crippen LogP contribution in [-0.4, -0.2) is 50.1 Å². The Kier molecular flexibility index (Phi) is 8.23. The molecule has 0 saturated heterocycles. The molecule has 116 valence electrons. The molecule has 0 aromatic rings. The van der Waals surface area contributed by atoms with Crippen molar-refractivity contribution in [1.82, 2.24) is 9.80 Å². The molecular weight excluding hydrogens is 232 g/mol. The number of hydrogen-bond donors (Lipinski definition) is 0. The minimum atomic E-state index is 0.391. The molecule has 0 N–H and O–H groups in total. The van der Waals surface area contributed by atoms with Crippen molar-refractivity contribution < 1.29 is 0 Å². The minimum absolute atomic E-state index is 0.391. The highest BCUT2D eigenvalue weighted by Crippen LogP contribution is 2.30. The summed E-state index contributed by atoms with van der Waals surface area (Å²) in [4.78, 5) is 4.86. The summed E-state index contributed by atoms with van der Waals surface area (Å²) in [5.41, 5.74) is 0.391. The lowest BCUT2D eigenvalue weighted by atomic mass is 9.78. The van der Waals surface area contributed by atoms with Crippen LogP contribution < -0.4 is 0 Å². The quantitative estimate of drug-likeness (QED) is 0.658. The zero-order chi connectivity index (χ0) is 15.2. The van der Waals surface area contributed by atoms with E-state index in [-0.39, 0.29) is 0 Å². The van der Waals surface area contributed by atoms with Crippen LogP contribution >= 0.6 is 0 Å². The molecule has 2 heteroatoms. The molecule has 0 fully saturated rings. The first-order valence-electron chi connectivity index (χ1n) is 7.89. The van der Waals surface area contributed by atoms with E-state index in [1.165, 1.54) is 25.9 Å². The van der Waals surface area contributed by atoms with Crippen molar-refractivity contribution in [3.05, 3.63) is 0 Å². The summed E-state index contributed by atoms with van der Waals surface area (Å²) < 4.78 is 0. The summed E-state index contributed by atoms with van der Waals surface area (Å²) >= 11 is 0. The Bertz CT molecular complexity index is 228. The van der Waals surface area contributed by atoms with E-state index >= 15 is 0 Å². The molecule has 0 aromatic heterocycles. The Morgan fingerprint density at radius 2 is 1.47 bits per heavy atom. The first-order valence-corrected chi connectivity index (χ1v) is 7.89. The van der Waals surface area contributed by atoms with E-state index < -0.39 is 0 Å². The maximum absolute atomic E-state index is 2.56. The molecule has 0 aliphatic carbocycles. The lowest BCUT2D eigenvalue weighted by Crippen LogP contribution is -2.39. The summed E-state index contributed by atoms with van der Waals surface area (Å²) in [5, 5.41) is 0. The molecular formula is C17H38N2. The summed E-state index contributed by atoms with van der Waals surface area (Å²) in [5.74, 6) is 1.54. The highest BCUT2D eigenvalue weighted by molar-refractivity contribution is 4.79. The molecule has 0 heterocycles. The Hall–Kier alpha value is -0.0800. The van der Waals surface area contributed by atoms with E-state index in [9.17, 15) is 0 Å². The first kappa shape index (κ1) is 18.9. The van der Waals surface area contributed by atoms with E-state index in [0.717, 1.165) is 11.8 Å². The second-order valence-electron chi connectivity index (χ2n) is 8.07. The van der Waals surface area contributed by atoms with Crippen molar-refractivity contribution in [3.8, 4) is 0 Å². The number of nitrogens with zero attached hydrogens (tertiary/aromatic N) is 2. The minimum Gasteiger partial charge on any atom is -0.309 e. The highest BCUT2D eigenvalue weighted by Gasteiger charge is 2.26. The normalized spacial score (nSPS) is 16.4. The van der Waals surface area contributed by atoms with Gasteiger partial charge < -0.3 is 9.80 Å². The third-order valence-corrected chi connectivity index (χ3v) is 4.22. The SMILES string of the molecule is CC(C)CC(C)N(C)CC(CCN(C)C)C(C)(C)C. The van der Waals surface area contributed by atoms with E-state index in [1.54, 1.807) is 0 Å². The highest BCUT2D eigenvalue weighted by atomic mass is 15.1. The summed E-state index contributed by atoms with van der Waals surface area (Å²) in [6.07, 6.45) is 2.58. The van der Waals surface area contributed by atoms with Gasteiger partial charge in [0.15, 0.2) is 0 Å². The van der Waals surface area contributed by atoms with E-state index in [0.29, 0.717) is 11.5 Å². The molecule has 0 aliphatic heterocycles. The zero-order valence-corrected chi connectivity index (χ0v) is 15.0. The summed E-state index contributed by atoms with van der Waals surface area (Å²) in [6, 6.07) is 0.684. The van der Waals surface area contributed by atoms with Gasteiger partial charge in [0.1, 0.15) is 0 Å². The van der Waals surface area contributed by atoms with Crippen LogP contribution in [0.15, 0.2) is 0 Å². The van der Waals surface area contributed by atoms with Gasteiger partial charge in [-0.2, -0.15) is 0 Å². The molecule has 0 radical (unpaired) electrons. The fraction of sp³-hybridized carbons (Fsp3) is 1.00.